The molecule has 16 nitrogen and oxygen atoms in total. The highest BCUT2D eigenvalue weighted by Gasteiger charge is 2.44. The van der Waals surface area contributed by atoms with E-state index in [4.69, 9.17) is 4.74 Å². The number of aliphatic hydroxyl groups is 1. The third-order valence-electron chi connectivity index (χ3n) is 12.3. The lowest BCUT2D eigenvalue weighted by atomic mass is 10.0. The van der Waals surface area contributed by atoms with Crippen molar-refractivity contribution < 1.29 is 42.6 Å². The van der Waals surface area contributed by atoms with Gasteiger partial charge in [0.2, 0.25) is 17.7 Å². The molecule has 5 aromatic rings. The molecule has 0 bridgehead atoms. The number of aromatic nitrogens is 2. The Balaban J connectivity index is 0.818. The number of piperazine rings is 1. The standard InChI is InChI=1S/C46H47F2N9O7/c47-28-20-27(21-29(48)23-28)19-26-1-6-37-36(22-26)42(54-53-37)52-43(60)34-5-3-32(25-38(34)50-30-10-17-64-18-11-30)55-13-15-56(16-14-55)41(59)9-12-49-31-2-4-33-35(24-31)46(63)57(45(33)62)39-7-8-40(58)51-44(39)61/h1-6,20-25,30,39,45,49-50,62H,7-19H2,(H,51,58,61)(H2,52,53,54,60). The summed E-state index contributed by atoms with van der Waals surface area (Å²) in [6, 6.07) is 18.7. The zero-order valence-corrected chi connectivity index (χ0v) is 34.8. The maximum Gasteiger partial charge on any atom is 0.258 e. The van der Waals surface area contributed by atoms with Crippen molar-refractivity contribution in [3.8, 4) is 0 Å². The van der Waals surface area contributed by atoms with Crippen molar-refractivity contribution in [1.29, 1.82) is 0 Å². The van der Waals surface area contributed by atoms with Gasteiger partial charge in [0.05, 0.1) is 11.1 Å². The van der Waals surface area contributed by atoms with Crippen LogP contribution in [0.1, 0.15) is 75.7 Å². The average molecular weight is 876 g/mol. The summed E-state index contributed by atoms with van der Waals surface area (Å²) in [7, 11) is 0. The second-order valence-corrected chi connectivity index (χ2v) is 16.5. The molecule has 3 saturated heterocycles. The smallest absolute Gasteiger partial charge is 0.258 e. The van der Waals surface area contributed by atoms with Crippen LogP contribution in [0.3, 0.4) is 0 Å². The number of nitrogens with one attached hydrogen (secondary N) is 5. The maximum atomic E-state index is 14.0. The predicted molar refractivity (Wildman–Crippen MR) is 233 cm³/mol. The first-order valence-electron chi connectivity index (χ1n) is 21.4. The number of anilines is 4. The van der Waals surface area contributed by atoms with E-state index in [0.29, 0.717) is 90.7 Å². The Kier molecular flexibility index (Phi) is 12.0. The van der Waals surface area contributed by atoms with Gasteiger partial charge in [0, 0.05) is 104 Å². The Morgan fingerprint density at radius 2 is 1.66 bits per heavy atom. The largest absolute Gasteiger partial charge is 0.385 e. The van der Waals surface area contributed by atoms with Gasteiger partial charge in [0.15, 0.2) is 12.0 Å². The lowest BCUT2D eigenvalue weighted by molar-refractivity contribution is -0.139. The molecule has 332 valence electrons. The number of halogens is 2. The quantitative estimate of drug-likeness (QED) is 0.0952. The second-order valence-electron chi connectivity index (χ2n) is 16.5. The number of aromatic amines is 1. The number of nitrogens with zero attached hydrogens (tertiary/aromatic N) is 4. The Labute approximate surface area is 366 Å². The number of carbonyl (C=O) groups is 5. The van der Waals surface area contributed by atoms with Crippen molar-refractivity contribution in [2.75, 3.05) is 66.8 Å². The summed E-state index contributed by atoms with van der Waals surface area (Å²) >= 11 is 0. The van der Waals surface area contributed by atoms with Crippen LogP contribution < -0.4 is 26.2 Å². The molecule has 0 aliphatic carbocycles. The molecule has 3 fully saturated rings. The van der Waals surface area contributed by atoms with E-state index >= 15 is 0 Å². The molecule has 4 aliphatic heterocycles. The van der Waals surface area contributed by atoms with Gasteiger partial charge in [0.25, 0.3) is 11.8 Å². The van der Waals surface area contributed by atoms with Crippen LogP contribution in [0.4, 0.5) is 31.7 Å². The van der Waals surface area contributed by atoms with Crippen molar-refractivity contribution in [2.45, 2.75) is 56.8 Å². The molecule has 5 amide bonds. The highest BCUT2D eigenvalue weighted by Crippen LogP contribution is 2.37. The minimum atomic E-state index is -1.31. The van der Waals surface area contributed by atoms with Crippen LogP contribution >= 0.6 is 0 Å². The molecule has 2 atom stereocenters. The minimum Gasteiger partial charge on any atom is -0.385 e. The van der Waals surface area contributed by atoms with E-state index in [-0.39, 0.29) is 49.1 Å². The van der Waals surface area contributed by atoms with E-state index in [9.17, 15) is 37.9 Å². The van der Waals surface area contributed by atoms with Crippen LogP contribution in [0.2, 0.25) is 0 Å². The fourth-order valence-electron chi connectivity index (χ4n) is 8.92. The molecule has 4 aromatic carbocycles. The number of fused-ring (bicyclic) bond motifs is 2. The number of amides is 5. The molecule has 2 unspecified atom stereocenters. The van der Waals surface area contributed by atoms with Gasteiger partial charge >= 0.3 is 0 Å². The van der Waals surface area contributed by atoms with E-state index in [2.05, 4.69) is 36.4 Å². The molecular formula is C46H47F2N9O7. The van der Waals surface area contributed by atoms with Crippen molar-refractivity contribution in [3.63, 3.8) is 0 Å². The van der Waals surface area contributed by atoms with E-state index in [0.717, 1.165) is 35.1 Å². The van der Waals surface area contributed by atoms with Gasteiger partial charge in [-0.3, -0.25) is 39.3 Å². The minimum absolute atomic E-state index is 0.0291. The number of piperidine rings is 1. The number of hydrogen-bond donors (Lipinski definition) is 6. The molecule has 0 spiro atoms. The Morgan fingerprint density at radius 3 is 2.42 bits per heavy atom. The van der Waals surface area contributed by atoms with Gasteiger partial charge < -0.3 is 35.6 Å². The van der Waals surface area contributed by atoms with Gasteiger partial charge in [-0.15, -0.1) is 0 Å². The lowest BCUT2D eigenvalue weighted by Crippen LogP contribution is -2.53. The van der Waals surface area contributed by atoms with E-state index in [1.54, 1.807) is 24.3 Å². The summed E-state index contributed by atoms with van der Waals surface area (Å²) in [4.78, 5) is 69.8. The van der Waals surface area contributed by atoms with E-state index < -0.39 is 41.6 Å². The van der Waals surface area contributed by atoms with E-state index in [1.807, 2.05) is 35.2 Å². The summed E-state index contributed by atoms with van der Waals surface area (Å²) in [5.41, 5.74) is 5.16. The highest BCUT2D eigenvalue weighted by molar-refractivity contribution is 6.11. The van der Waals surface area contributed by atoms with Crippen molar-refractivity contribution in [1.82, 2.24) is 25.3 Å². The third kappa shape index (κ3) is 8.96. The first-order chi connectivity index (χ1) is 31.0. The molecule has 64 heavy (non-hydrogen) atoms. The molecule has 4 aliphatic rings. The zero-order valence-electron chi connectivity index (χ0n) is 34.8. The van der Waals surface area contributed by atoms with Crippen LogP contribution in [0.25, 0.3) is 10.9 Å². The monoisotopic (exact) mass is 875 g/mol. The first-order valence-corrected chi connectivity index (χ1v) is 21.4. The van der Waals surface area contributed by atoms with Gasteiger partial charge in [-0.2, -0.15) is 5.10 Å². The zero-order chi connectivity index (χ0) is 44.5. The van der Waals surface area contributed by atoms with Crippen LogP contribution in [-0.4, -0.2) is 113 Å². The van der Waals surface area contributed by atoms with Gasteiger partial charge in [-0.25, -0.2) is 8.78 Å². The molecule has 1 aromatic heterocycles. The first kappa shape index (κ1) is 42.4. The normalized spacial score (nSPS) is 19.2. The Bertz CT molecular complexity index is 2620. The fraction of sp³-hybridized carbons (Fsp3) is 0.348. The lowest BCUT2D eigenvalue weighted by Gasteiger charge is -2.36. The van der Waals surface area contributed by atoms with Gasteiger partial charge in [-0.1, -0.05) is 12.1 Å². The number of rotatable bonds is 12. The van der Waals surface area contributed by atoms with Gasteiger partial charge in [0.1, 0.15) is 17.7 Å². The number of ether oxygens (including phenoxy) is 1. The summed E-state index contributed by atoms with van der Waals surface area (Å²) < 4.78 is 33.3. The molecule has 0 saturated carbocycles. The van der Waals surface area contributed by atoms with Crippen LogP contribution in [-0.2, 0) is 25.5 Å². The molecule has 18 heteroatoms. The maximum absolute atomic E-state index is 14.0. The SMILES string of the molecule is O=C1CCC(N2C(=O)c3cc(NCCC(=O)N4CCN(c5ccc(C(=O)Nc6n[nH]c7ccc(Cc8cc(F)cc(F)c8)cc67)c(NC6CCOCC6)c5)CC4)ccc3C2O)C(=O)N1. The van der Waals surface area contributed by atoms with Crippen LogP contribution in [0.5, 0.6) is 0 Å². The van der Waals surface area contributed by atoms with Crippen molar-refractivity contribution >= 4 is 63.3 Å². The summed E-state index contributed by atoms with van der Waals surface area (Å²) in [5, 5.41) is 30.8. The Morgan fingerprint density at radius 1 is 0.875 bits per heavy atom. The molecule has 6 N–H and O–H groups in total. The number of aliphatic hydroxyl groups excluding tert-OH is 1. The predicted octanol–water partition coefficient (Wildman–Crippen LogP) is 4.68. The topological polar surface area (TPSA) is 201 Å². The summed E-state index contributed by atoms with van der Waals surface area (Å²) in [6.45, 7) is 3.66. The number of benzene rings is 4. The number of imide groups is 1. The summed E-state index contributed by atoms with van der Waals surface area (Å²) in [6.07, 6.45) is 0.942. The number of H-pyrrole nitrogens is 1. The van der Waals surface area contributed by atoms with Crippen LogP contribution in [0.15, 0.2) is 72.8 Å². The Hall–Kier alpha value is -6.92. The molecule has 0 radical (unpaired) electrons. The number of carbonyl (C=O) groups excluding carboxylic acids is 5. The van der Waals surface area contributed by atoms with Gasteiger partial charge in [-0.05, 0) is 91.4 Å². The average Bonchev–Trinajstić information content (AvgIpc) is 3.79. The second kappa shape index (κ2) is 18.1. The number of hydrogen-bond acceptors (Lipinski definition) is 11. The highest BCUT2D eigenvalue weighted by atomic mass is 19.1. The van der Waals surface area contributed by atoms with Crippen LogP contribution in [0, 0.1) is 11.6 Å². The van der Waals surface area contributed by atoms with Crippen molar-refractivity contribution in [3.05, 3.63) is 112 Å². The molecular weight excluding hydrogens is 829 g/mol. The van der Waals surface area contributed by atoms with E-state index in [1.165, 1.54) is 12.1 Å². The summed E-state index contributed by atoms with van der Waals surface area (Å²) in [5.74, 6) is -2.90. The van der Waals surface area contributed by atoms with Crippen molar-refractivity contribution in [2.24, 2.45) is 0 Å². The molecule has 5 heterocycles. The molecule has 9 rings (SSSR count). The third-order valence-corrected chi connectivity index (χ3v) is 12.3. The fourth-order valence-corrected chi connectivity index (χ4v) is 8.92.